The first-order chi connectivity index (χ1) is 14.5. The van der Waals surface area contributed by atoms with Gasteiger partial charge in [0.25, 0.3) is 5.91 Å². The van der Waals surface area contributed by atoms with Gasteiger partial charge in [-0.05, 0) is 30.9 Å². The number of aromatic amines is 1. The van der Waals surface area contributed by atoms with E-state index in [0.717, 1.165) is 19.3 Å². The SMILES string of the molecule is CC[C@H](c1ccccc1)[C@H]1CCCN1C(=O)c1cc(S(=O)(=O)N2CCOCC2)c[nH]1. The normalized spacial score (nSPS) is 21.6. The Hall–Kier alpha value is -2.16. The lowest BCUT2D eigenvalue weighted by Crippen LogP contribution is -2.40. The van der Waals surface area contributed by atoms with Crippen LogP contribution in [-0.2, 0) is 14.8 Å². The van der Waals surface area contributed by atoms with Crippen molar-refractivity contribution in [3.63, 3.8) is 0 Å². The summed E-state index contributed by atoms with van der Waals surface area (Å²) in [5.41, 5.74) is 1.57. The lowest BCUT2D eigenvalue weighted by atomic mass is 9.87. The van der Waals surface area contributed by atoms with Crippen molar-refractivity contribution in [1.82, 2.24) is 14.2 Å². The number of carbonyl (C=O) groups excluding carboxylic acids is 1. The average molecular weight is 432 g/mol. The van der Waals surface area contributed by atoms with Crippen LogP contribution in [0.5, 0.6) is 0 Å². The number of aromatic nitrogens is 1. The smallest absolute Gasteiger partial charge is 0.270 e. The number of amides is 1. The van der Waals surface area contributed by atoms with E-state index in [2.05, 4.69) is 24.0 Å². The number of rotatable bonds is 6. The van der Waals surface area contributed by atoms with Crippen LogP contribution in [-0.4, -0.2) is 67.4 Å². The Morgan fingerprint density at radius 1 is 1.20 bits per heavy atom. The van der Waals surface area contributed by atoms with E-state index in [0.29, 0.717) is 38.5 Å². The van der Waals surface area contributed by atoms with Gasteiger partial charge in [-0.1, -0.05) is 37.3 Å². The van der Waals surface area contributed by atoms with Crippen LogP contribution in [0.25, 0.3) is 0 Å². The molecule has 2 aliphatic rings. The zero-order chi connectivity index (χ0) is 21.1. The van der Waals surface area contributed by atoms with Gasteiger partial charge in [-0.2, -0.15) is 4.31 Å². The van der Waals surface area contributed by atoms with Crippen molar-refractivity contribution in [1.29, 1.82) is 0 Å². The number of hydrogen-bond donors (Lipinski definition) is 1. The van der Waals surface area contributed by atoms with E-state index in [9.17, 15) is 13.2 Å². The maximum atomic E-state index is 13.3. The second-order valence-corrected chi connectivity index (χ2v) is 9.84. The van der Waals surface area contributed by atoms with Crippen molar-refractivity contribution in [2.45, 2.75) is 43.0 Å². The first kappa shape index (κ1) is 21.1. The Morgan fingerprint density at radius 3 is 2.63 bits per heavy atom. The monoisotopic (exact) mass is 431 g/mol. The van der Waals surface area contributed by atoms with Crippen LogP contribution < -0.4 is 0 Å². The fraction of sp³-hybridized carbons (Fsp3) is 0.500. The minimum Gasteiger partial charge on any atom is -0.379 e. The number of H-pyrrole nitrogens is 1. The van der Waals surface area contributed by atoms with Gasteiger partial charge in [-0.25, -0.2) is 8.42 Å². The van der Waals surface area contributed by atoms with Crippen LogP contribution in [0.15, 0.2) is 47.5 Å². The summed E-state index contributed by atoms with van der Waals surface area (Å²) >= 11 is 0. The second-order valence-electron chi connectivity index (χ2n) is 7.90. The first-order valence-corrected chi connectivity index (χ1v) is 12.1. The number of hydrogen-bond acceptors (Lipinski definition) is 4. The van der Waals surface area contributed by atoms with Crippen molar-refractivity contribution in [3.05, 3.63) is 53.9 Å². The Labute approximate surface area is 178 Å². The predicted octanol–water partition coefficient (Wildman–Crippen LogP) is 2.83. The number of sulfonamides is 1. The molecule has 2 saturated heterocycles. The largest absolute Gasteiger partial charge is 0.379 e. The quantitative estimate of drug-likeness (QED) is 0.762. The van der Waals surface area contributed by atoms with Gasteiger partial charge in [0.15, 0.2) is 0 Å². The van der Waals surface area contributed by atoms with E-state index < -0.39 is 10.0 Å². The number of carbonyl (C=O) groups is 1. The molecule has 0 aliphatic carbocycles. The van der Waals surface area contributed by atoms with Crippen LogP contribution in [0.1, 0.15) is 48.2 Å². The molecule has 0 radical (unpaired) electrons. The molecule has 0 spiro atoms. The van der Waals surface area contributed by atoms with Gasteiger partial charge >= 0.3 is 0 Å². The summed E-state index contributed by atoms with van der Waals surface area (Å²) in [5, 5.41) is 0. The molecule has 7 nitrogen and oxygen atoms in total. The molecule has 0 bridgehead atoms. The van der Waals surface area contributed by atoms with Crippen molar-refractivity contribution < 1.29 is 17.9 Å². The van der Waals surface area contributed by atoms with Gasteiger partial charge in [-0.3, -0.25) is 4.79 Å². The van der Waals surface area contributed by atoms with Crippen LogP contribution in [0.3, 0.4) is 0 Å². The van der Waals surface area contributed by atoms with Crippen LogP contribution in [0, 0.1) is 0 Å². The Balaban J connectivity index is 1.54. The third kappa shape index (κ3) is 4.04. The lowest BCUT2D eigenvalue weighted by molar-refractivity contribution is 0.0709. The fourth-order valence-electron chi connectivity index (χ4n) is 4.63. The first-order valence-electron chi connectivity index (χ1n) is 10.6. The Kier molecular flexibility index (Phi) is 6.26. The Bertz CT molecular complexity index is 967. The van der Waals surface area contributed by atoms with Gasteiger partial charge in [0.2, 0.25) is 10.0 Å². The van der Waals surface area contributed by atoms with Crippen LogP contribution >= 0.6 is 0 Å². The molecule has 1 aromatic heterocycles. The average Bonchev–Trinajstić information content (AvgIpc) is 3.46. The summed E-state index contributed by atoms with van der Waals surface area (Å²) in [6.07, 6.45) is 4.29. The summed E-state index contributed by atoms with van der Waals surface area (Å²) in [4.78, 5) is 18.3. The van der Waals surface area contributed by atoms with Crippen LogP contribution in [0.4, 0.5) is 0 Å². The van der Waals surface area contributed by atoms with Crippen molar-refractivity contribution in [2.24, 2.45) is 0 Å². The minimum atomic E-state index is -3.62. The zero-order valence-corrected chi connectivity index (χ0v) is 18.1. The van der Waals surface area contributed by atoms with Gasteiger partial charge in [-0.15, -0.1) is 0 Å². The molecule has 1 aromatic carbocycles. The topological polar surface area (TPSA) is 82.7 Å². The summed E-state index contributed by atoms with van der Waals surface area (Å²) in [7, 11) is -3.62. The molecule has 4 rings (SSSR count). The zero-order valence-electron chi connectivity index (χ0n) is 17.3. The van der Waals surface area contributed by atoms with Crippen molar-refractivity contribution in [3.8, 4) is 0 Å². The Morgan fingerprint density at radius 2 is 1.93 bits per heavy atom. The molecule has 2 aliphatic heterocycles. The molecule has 0 saturated carbocycles. The minimum absolute atomic E-state index is 0.118. The van der Waals surface area contributed by atoms with E-state index in [1.54, 1.807) is 0 Å². The van der Waals surface area contributed by atoms with Gasteiger partial charge in [0.1, 0.15) is 10.6 Å². The van der Waals surface area contributed by atoms with Crippen molar-refractivity contribution >= 4 is 15.9 Å². The molecular formula is C22H29N3O4S. The summed E-state index contributed by atoms with van der Waals surface area (Å²) in [6.45, 7) is 4.30. The highest BCUT2D eigenvalue weighted by Crippen LogP contribution is 2.34. The van der Waals surface area contributed by atoms with E-state index in [4.69, 9.17) is 4.74 Å². The third-order valence-electron chi connectivity index (χ3n) is 6.19. The number of likely N-dealkylation sites (tertiary alicyclic amines) is 1. The lowest BCUT2D eigenvalue weighted by Gasteiger charge is -2.31. The summed E-state index contributed by atoms with van der Waals surface area (Å²) in [5.74, 6) is 0.138. The van der Waals surface area contributed by atoms with E-state index in [-0.39, 0.29) is 22.8 Å². The number of nitrogens with zero attached hydrogens (tertiary/aromatic N) is 2. The highest BCUT2D eigenvalue weighted by atomic mass is 32.2. The molecule has 2 fully saturated rings. The van der Waals surface area contributed by atoms with E-state index in [1.165, 1.54) is 22.1 Å². The van der Waals surface area contributed by atoms with Gasteiger partial charge in [0, 0.05) is 37.8 Å². The second kappa shape index (κ2) is 8.91. The molecule has 2 aromatic rings. The predicted molar refractivity (Wildman–Crippen MR) is 114 cm³/mol. The van der Waals surface area contributed by atoms with E-state index in [1.807, 2.05) is 23.1 Å². The molecule has 1 N–H and O–H groups in total. The number of morpholine rings is 1. The number of benzene rings is 1. The third-order valence-corrected chi connectivity index (χ3v) is 8.06. The standard InChI is InChI=1S/C22H29N3O4S/c1-2-19(17-7-4-3-5-8-17)21-9-6-10-25(21)22(26)20-15-18(16-23-20)30(27,28)24-11-13-29-14-12-24/h3-5,7-8,15-16,19,21,23H,2,6,9-14H2,1H3/t19-,21-/m1/s1. The van der Waals surface area contributed by atoms with Gasteiger partial charge in [0.05, 0.1) is 13.2 Å². The molecule has 1 amide bonds. The molecule has 162 valence electrons. The molecule has 30 heavy (non-hydrogen) atoms. The maximum Gasteiger partial charge on any atom is 0.270 e. The summed E-state index contributed by atoms with van der Waals surface area (Å²) < 4.78 is 32.4. The van der Waals surface area contributed by atoms with Gasteiger partial charge < -0.3 is 14.6 Å². The fourth-order valence-corrected chi connectivity index (χ4v) is 6.03. The molecule has 3 heterocycles. The molecule has 0 unspecified atom stereocenters. The molecule has 2 atom stereocenters. The highest BCUT2D eigenvalue weighted by Gasteiger charge is 2.36. The maximum absolute atomic E-state index is 13.3. The number of ether oxygens (including phenoxy) is 1. The molecular weight excluding hydrogens is 402 g/mol. The van der Waals surface area contributed by atoms with Crippen molar-refractivity contribution in [2.75, 3.05) is 32.8 Å². The molecule has 8 heteroatoms. The van der Waals surface area contributed by atoms with E-state index >= 15 is 0 Å². The summed E-state index contributed by atoms with van der Waals surface area (Å²) in [6, 6.07) is 11.9. The number of nitrogens with one attached hydrogen (secondary N) is 1. The highest BCUT2D eigenvalue weighted by molar-refractivity contribution is 7.89. The van der Waals surface area contributed by atoms with Crippen LogP contribution in [0.2, 0.25) is 0 Å².